The summed E-state index contributed by atoms with van der Waals surface area (Å²) in [6, 6.07) is 15.8. The maximum absolute atomic E-state index is 13.9. The van der Waals surface area contributed by atoms with Gasteiger partial charge < -0.3 is 20.9 Å². The Bertz CT molecular complexity index is 1610. The molecule has 11 nitrogen and oxygen atoms in total. The van der Waals surface area contributed by atoms with Crippen LogP contribution < -0.4 is 11.5 Å². The number of anilines is 1. The molecule has 0 bridgehead atoms. The highest BCUT2D eigenvalue weighted by Crippen LogP contribution is 2.44. The number of amides is 3. The minimum absolute atomic E-state index is 0.0000215. The first-order valence-corrected chi connectivity index (χ1v) is 16.0. The molecule has 4 N–H and O–H groups in total. The van der Waals surface area contributed by atoms with E-state index >= 15 is 0 Å². The number of imide groups is 1. The average molecular weight is 648 g/mol. The minimum atomic E-state index is -1.39. The van der Waals surface area contributed by atoms with Gasteiger partial charge >= 0.3 is 12.1 Å². The van der Waals surface area contributed by atoms with E-state index in [1.807, 2.05) is 60.7 Å². The Morgan fingerprint density at radius 3 is 2.20 bits per heavy atom. The summed E-state index contributed by atoms with van der Waals surface area (Å²) >= 11 is 2.36. The predicted molar refractivity (Wildman–Crippen MR) is 171 cm³/mol. The highest BCUT2D eigenvalue weighted by atomic mass is 32.2. The molecule has 234 valence electrons. The van der Waals surface area contributed by atoms with E-state index in [1.54, 1.807) is 20.8 Å². The lowest BCUT2D eigenvalue weighted by atomic mass is 9.99. The van der Waals surface area contributed by atoms with Gasteiger partial charge in [-0.25, -0.2) is 19.5 Å². The number of thioether (sulfide) groups is 1. The molecular weight excluding hydrogens is 615 g/mol. The Labute approximate surface area is 268 Å². The highest BCUT2D eigenvalue weighted by Gasteiger charge is 2.59. The van der Waals surface area contributed by atoms with E-state index in [9.17, 15) is 19.2 Å². The summed E-state index contributed by atoms with van der Waals surface area (Å²) in [5.41, 5.74) is 13.1. The number of benzene rings is 2. The van der Waals surface area contributed by atoms with Gasteiger partial charge in [-0.15, -0.1) is 23.1 Å². The molecule has 2 aromatic carbocycles. The molecule has 0 radical (unpaired) electrons. The Balaban J connectivity index is 1.47. The van der Waals surface area contributed by atoms with E-state index in [4.69, 9.17) is 20.9 Å². The Kier molecular flexibility index (Phi) is 9.14. The fourth-order valence-corrected chi connectivity index (χ4v) is 6.97. The molecule has 3 amide bonds. The number of esters is 1. The fraction of sp³-hybridized carbons (Fsp3) is 0.281. The van der Waals surface area contributed by atoms with Gasteiger partial charge in [-0.3, -0.25) is 14.5 Å². The summed E-state index contributed by atoms with van der Waals surface area (Å²) in [6.07, 6.45) is -0.303. The van der Waals surface area contributed by atoms with E-state index in [1.165, 1.54) is 28.1 Å². The van der Waals surface area contributed by atoms with Crippen molar-refractivity contribution < 1.29 is 28.7 Å². The van der Waals surface area contributed by atoms with E-state index < -0.39 is 53.0 Å². The van der Waals surface area contributed by atoms with Crippen LogP contribution in [0.1, 0.15) is 49.7 Å². The highest BCUT2D eigenvalue weighted by molar-refractivity contribution is 8.00. The third-order valence-corrected chi connectivity index (χ3v) is 9.05. The first-order chi connectivity index (χ1) is 21.4. The molecule has 1 fully saturated rings. The number of nitrogens with two attached hydrogens (primary N) is 2. The smallest absolute Gasteiger partial charge is 0.417 e. The first-order valence-electron chi connectivity index (χ1n) is 14.0. The van der Waals surface area contributed by atoms with Crippen molar-refractivity contribution in [1.29, 1.82) is 0 Å². The van der Waals surface area contributed by atoms with Crippen molar-refractivity contribution in [3.8, 4) is 0 Å². The number of rotatable bonds is 8. The van der Waals surface area contributed by atoms with E-state index in [0.29, 0.717) is 5.57 Å². The first kappa shape index (κ1) is 31.9. The van der Waals surface area contributed by atoms with Crippen molar-refractivity contribution >= 4 is 52.1 Å². The van der Waals surface area contributed by atoms with Gasteiger partial charge in [-0.2, -0.15) is 0 Å². The number of carbonyl (C=O) groups excluding carboxylic acids is 4. The Morgan fingerprint density at radius 2 is 1.69 bits per heavy atom. The van der Waals surface area contributed by atoms with Gasteiger partial charge in [0, 0.05) is 11.1 Å². The molecule has 3 aromatic rings. The fourth-order valence-electron chi connectivity index (χ4n) is 4.99. The van der Waals surface area contributed by atoms with Gasteiger partial charge in [0.1, 0.15) is 22.7 Å². The van der Waals surface area contributed by atoms with Crippen LogP contribution >= 0.6 is 23.1 Å². The molecule has 3 heterocycles. The largest absolute Gasteiger partial charge is 0.448 e. The Hall–Kier alpha value is -4.46. The number of ether oxygens (including phenoxy) is 2. The van der Waals surface area contributed by atoms with Gasteiger partial charge in [-0.05, 0) is 37.5 Å². The number of carbonyl (C=O) groups is 4. The zero-order valence-corrected chi connectivity index (χ0v) is 26.5. The van der Waals surface area contributed by atoms with Gasteiger partial charge in [0.25, 0.3) is 11.8 Å². The van der Waals surface area contributed by atoms with Gasteiger partial charge in [0.2, 0.25) is 0 Å². The van der Waals surface area contributed by atoms with E-state index in [2.05, 4.69) is 11.6 Å². The molecule has 2 aliphatic heterocycles. The van der Waals surface area contributed by atoms with Gasteiger partial charge in [0.15, 0.2) is 17.3 Å². The number of aromatic nitrogens is 1. The number of allylic oxidation sites excluding steroid dienone is 1. The van der Waals surface area contributed by atoms with Crippen LogP contribution in [0.15, 0.2) is 90.0 Å². The van der Waals surface area contributed by atoms with Gasteiger partial charge in [0.05, 0.1) is 5.69 Å². The van der Waals surface area contributed by atoms with E-state index in [0.717, 1.165) is 27.4 Å². The van der Waals surface area contributed by atoms with Crippen molar-refractivity contribution in [2.75, 3.05) is 11.5 Å². The molecule has 2 unspecified atom stereocenters. The van der Waals surface area contributed by atoms with Crippen LogP contribution in [0, 0.1) is 0 Å². The summed E-state index contributed by atoms with van der Waals surface area (Å²) in [4.78, 5) is 61.2. The molecule has 0 saturated carbocycles. The summed E-state index contributed by atoms with van der Waals surface area (Å²) in [5, 5.41) is 0.901. The molecule has 13 heteroatoms. The molecular formula is C32H33N5O6S2. The second-order valence-electron chi connectivity index (χ2n) is 11.3. The molecule has 0 spiro atoms. The third kappa shape index (κ3) is 6.51. The molecule has 5 rings (SSSR count). The number of hydrogen-bond acceptors (Lipinski definition) is 11. The van der Waals surface area contributed by atoms with Crippen LogP contribution in [-0.2, 0) is 23.9 Å². The lowest BCUT2D eigenvalue weighted by molar-refractivity contribution is -0.161. The van der Waals surface area contributed by atoms with Gasteiger partial charge in [-0.1, -0.05) is 73.3 Å². The predicted octanol–water partition coefficient (Wildman–Crippen LogP) is 4.55. The van der Waals surface area contributed by atoms with Crippen LogP contribution in [0.25, 0.3) is 0 Å². The number of thiazole rings is 1. The number of hydrogen-bond donors (Lipinski definition) is 2. The van der Waals surface area contributed by atoms with Crippen LogP contribution in [0.3, 0.4) is 0 Å². The number of fused-ring (bicyclic) bond motifs is 1. The second-order valence-corrected chi connectivity index (χ2v) is 13.3. The molecule has 3 atom stereocenters. The van der Waals surface area contributed by atoms with Crippen LogP contribution in [-0.4, -0.2) is 61.4 Å². The SMILES string of the molecule is C=CC1=C(C(=O)OC(c2ccccc2)c2ccccc2)N2C(=O)C(N(C(=O)OC(C)(C)C)C(=O)C(N)c3csc(N)n3)[C@H]2SC1. The second kappa shape index (κ2) is 12.9. The maximum Gasteiger partial charge on any atom is 0.417 e. The standard InChI is InChI=1S/C32H33N5O6S2/c1-5-18-16-44-28-24(37(31(41)43-32(2,3)4)26(38)22(33)21-17-45-30(34)35-21)27(39)36(28)23(18)29(40)42-25(19-12-8-6-9-13-19)20-14-10-7-11-15-20/h5-15,17,22,24-25,28H,1,16,33H2,2-4H3,(H2,34,35)/t22?,24?,28-/m1/s1. The molecule has 2 aliphatic rings. The van der Waals surface area contributed by atoms with Crippen LogP contribution in [0.5, 0.6) is 0 Å². The average Bonchev–Trinajstić information content (AvgIpc) is 3.46. The van der Waals surface area contributed by atoms with Crippen LogP contribution in [0.2, 0.25) is 0 Å². The maximum atomic E-state index is 13.9. The topological polar surface area (TPSA) is 158 Å². The summed E-state index contributed by atoms with van der Waals surface area (Å²) < 4.78 is 11.6. The lowest BCUT2D eigenvalue weighted by Crippen LogP contribution is -2.73. The Morgan fingerprint density at radius 1 is 1.09 bits per heavy atom. The molecule has 45 heavy (non-hydrogen) atoms. The zero-order valence-electron chi connectivity index (χ0n) is 24.9. The van der Waals surface area contributed by atoms with Crippen molar-refractivity contribution in [2.45, 2.75) is 49.9 Å². The molecule has 1 saturated heterocycles. The number of nitrogens with zero attached hydrogens (tertiary/aromatic N) is 3. The van der Waals surface area contributed by atoms with E-state index in [-0.39, 0.29) is 22.3 Å². The van der Waals surface area contributed by atoms with Crippen LogP contribution in [0.4, 0.5) is 9.93 Å². The normalized spacial score (nSPS) is 18.5. The summed E-state index contributed by atoms with van der Waals surface area (Å²) in [7, 11) is 0. The van der Waals surface area contributed by atoms with Crippen molar-refractivity contribution in [2.24, 2.45) is 5.73 Å². The number of nitrogen functional groups attached to an aromatic ring is 1. The summed E-state index contributed by atoms with van der Waals surface area (Å²) in [5.74, 6) is -2.03. The zero-order chi connectivity index (χ0) is 32.5. The quantitative estimate of drug-likeness (QED) is 0.263. The van der Waals surface area contributed by atoms with Crippen molar-refractivity contribution in [1.82, 2.24) is 14.8 Å². The third-order valence-electron chi connectivity index (χ3n) is 7.07. The van der Waals surface area contributed by atoms with Crippen molar-refractivity contribution in [3.63, 3.8) is 0 Å². The molecule has 1 aromatic heterocycles. The number of β-lactam (4-membered cyclic amide) rings is 1. The lowest BCUT2D eigenvalue weighted by Gasteiger charge is -2.52. The monoisotopic (exact) mass is 647 g/mol. The minimum Gasteiger partial charge on any atom is -0.448 e. The van der Waals surface area contributed by atoms with Crippen molar-refractivity contribution in [3.05, 3.63) is 107 Å². The summed E-state index contributed by atoms with van der Waals surface area (Å²) in [6.45, 7) is 8.76. The molecule has 0 aliphatic carbocycles.